The maximum atomic E-state index is 4.20. The summed E-state index contributed by atoms with van der Waals surface area (Å²) in [5.74, 6) is 0.792. The summed E-state index contributed by atoms with van der Waals surface area (Å²) in [5, 5.41) is 0. The van der Waals surface area contributed by atoms with Gasteiger partial charge < -0.3 is 0 Å². The molecule has 68 valence electrons. The monoisotopic (exact) mass is 174 g/mol. The number of nitrogens with zero attached hydrogens (tertiary/aromatic N) is 2. The Hall–Kier alpha value is -0.890. The molecule has 13 heavy (non-hydrogen) atoms. The molecule has 0 aliphatic carbocycles. The highest BCUT2D eigenvalue weighted by molar-refractivity contribution is 5.30. The fourth-order valence-electron chi connectivity index (χ4n) is 2.66. The summed E-state index contributed by atoms with van der Waals surface area (Å²) in [5.41, 5.74) is 3.02. The Balaban J connectivity index is 2.06. The molecule has 0 aromatic carbocycles. The molecule has 1 fully saturated rings. The molecular formula is C11H14N2. The molecule has 3 heterocycles. The summed E-state index contributed by atoms with van der Waals surface area (Å²) < 4.78 is 0. The predicted octanol–water partition coefficient (Wildman–Crippen LogP) is 1.77. The van der Waals surface area contributed by atoms with E-state index in [1.807, 2.05) is 12.4 Å². The number of pyridine rings is 1. The van der Waals surface area contributed by atoms with Gasteiger partial charge in [-0.25, -0.2) is 0 Å². The molecule has 2 bridgehead atoms. The molecule has 2 heteroatoms. The summed E-state index contributed by atoms with van der Waals surface area (Å²) in [7, 11) is 0. The van der Waals surface area contributed by atoms with E-state index < -0.39 is 0 Å². The van der Waals surface area contributed by atoms with Gasteiger partial charge in [-0.05, 0) is 42.5 Å². The molecule has 2 aliphatic rings. The maximum absolute atomic E-state index is 4.20. The maximum Gasteiger partial charge on any atom is 0.0315 e. The van der Waals surface area contributed by atoms with Gasteiger partial charge in [0.05, 0.1) is 0 Å². The predicted molar refractivity (Wildman–Crippen MR) is 51.5 cm³/mol. The van der Waals surface area contributed by atoms with Gasteiger partial charge in [0.15, 0.2) is 0 Å². The largest absolute Gasteiger partial charge is 0.298 e. The Morgan fingerprint density at radius 1 is 1.46 bits per heavy atom. The van der Waals surface area contributed by atoms with Gasteiger partial charge in [0, 0.05) is 25.5 Å². The summed E-state index contributed by atoms with van der Waals surface area (Å²) >= 11 is 0. The third kappa shape index (κ3) is 1.17. The highest BCUT2D eigenvalue weighted by atomic mass is 15.1. The first-order valence-electron chi connectivity index (χ1n) is 5.08. The van der Waals surface area contributed by atoms with Crippen LogP contribution in [0, 0.1) is 0 Å². The Kier molecular flexibility index (Phi) is 1.62. The Bertz CT molecular complexity index is 322. The van der Waals surface area contributed by atoms with Crippen LogP contribution in [0.25, 0.3) is 0 Å². The summed E-state index contributed by atoms with van der Waals surface area (Å²) in [6, 6.07) is 2.21. The van der Waals surface area contributed by atoms with Gasteiger partial charge in [-0.2, -0.15) is 0 Å². The van der Waals surface area contributed by atoms with Crippen LogP contribution in [0.15, 0.2) is 18.5 Å². The van der Waals surface area contributed by atoms with E-state index in [0.29, 0.717) is 0 Å². The molecule has 0 saturated carbocycles. The van der Waals surface area contributed by atoms with Crippen LogP contribution >= 0.6 is 0 Å². The van der Waals surface area contributed by atoms with Gasteiger partial charge in [-0.3, -0.25) is 9.88 Å². The lowest BCUT2D eigenvalue weighted by Crippen LogP contribution is -2.38. The van der Waals surface area contributed by atoms with E-state index in [-0.39, 0.29) is 0 Å². The Morgan fingerprint density at radius 2 is 2.46 bits per heavy atom. The van der Waals surface area contributed by atoms with Crippen LogP contribution in [-0.2, 0) is 6.54 Å². The second-order valence-corrected chi connectivity index (χ2v) is 4.15. The van der Waals surface area contributed by atoms with E-state index in [4.69, 9.17) is 0 Å². The van der Waals surface area contributed by atoms with Gasteiger partial charge >= 0.3 is 0 Å². The number of hydrogen-bond donors (Lipinski definition) is 0. The molecule has 3 rings (SSSR count). The van der Waals surface area contributed by atoms with Gasteiger partial charge in [-0.1, -0.05) is 0 Å². The first kappa shape index (κ1) is 7.51. The van der Waals surface area contributed by atoms with E-state index in [1.165, 1.54) is 31.5 Å². The lowest BCUT2D eigenvalue weighted by molar-refractivity contribution is 0.182. The number of hydrogen-bond acceptors (Lipinski definition) is 2. The molecular weight excluding hydrogens is 160 g/mol. The molecule has 1 aromatic heterocycles. The van der Waals surface area contributed by atoms with Gasteiger partial charge in [0.1, 0.15) is 0 Å². The van der Waals surface area contributed by atoms with E-state index in [0.717, 1.165) is 12.5 Å². The lowest BCUT2D eigenvalue weighted by atomic mass is 9.85. The molecule has 0 radical (unpaired) electrons. The second kappa shape index (κ2) is 2.81. The minimum absolute atomic E-state index is 0.792. The summed E-state index contributed by atoms with van der Waals surface area (Å²) in [4.78, 5) is 6.75. The van der Waals surface area contributed by atoms with Crippen LogP contribution in [-0.4, -0.2) is 23.0 Å². The minimum atomic E-state index is 0.792. The number of aromatic nitrogens is 1. The topological polar surface area (TPSA) is 16.1 Å². The standard InChI is InChI=1S/C11H14N2/c1-2-9-7-13(5-1)8-10-6-12-4-3-11(9)10/h3-4,6,9H,1-2,5,7-8H2. The molecule has 2 aliphatic heterocycles. The fraction of sp³-hybridized carbons (Fsp3) is 0.545. The third-order valence-electron chi connectivity index (χ3n) is 3.28. The second-order valence-electron chi connectivity index (χ2n) is 4.15. The van der Waals surface area contributed by atoms with Gasteiger partial charge in [0.25, 0.3) is 0 Å². The van der Waals surface area contributed by atoms with E-state index >= 15 is 0 Å². The number of piperidine rings is 1. The number of fused-ring (bicyclic) bond motifs is 4. The fourth-order valence-corrected chi connectivity index (χ4v) is 2.66. The molecule has 2 atom stereocenters. The summed E-state index contributed by atoms with van der Waals surface area (Å²) in [6.45, 7) is 3.68. The van der Waals surface area contributed by atoms with Crippen molar-refractivity contribution < 1.29 is 0 Å². The van der Waals surface area contributed by atoms with Crippen LogP contribution < -0.4 is 0 Å². The normalized spacial score (nSPS) is 31.1. The molecule has 1 saturated heterocycles. The Morgan fingerprint density at radius 3 is 3.46 bits per heavy atom. The van der Waals surface area contributed by atoms with Crippen molar-refractivity contribution in [2.75, 3.05) is 13.1 Å². The minimum Gasteiger partial charge on any atom is -0.298 e. The molecule has 0 spiro atoms. The lowest BCUT2D eigenvalue weighted by Gasteiger charge is -2.38. The van der Waals surface area contributed by atoms with Crippen LogP contribution in [0.3, 0.4) is 0 Å². The molecule has 2 unspecified atom stereocenters. The average molecular weight is 174 g/mol. The van der Waals surface area contributed by atoms with E-state index in [1.54, 1.807) is 5.56 Å². The third-order valence-corrected chi connectivity index (χ3v) is 3.28. The Labute approximate surface area is 78.6 Å². The zero-order chi connectivity index (χ0) is 8.67. The molecule has 2 nitrogen and oxygen atoms in total. The van der Waals surface area contributed by atoms with Crippen LogP contribution in [0.4, 0.5) is 0 Å². The molecule has 0 amide bonds. The quantitative estimate of drug-likeness (QED) is 0.596. The van der Waals surface area contributed by atoms with Crippen molar-refractivity contribution in [3.63, 3.8) is 0 Å². The molecule has 0 N–H and O–H groups in total. The first-order chi connectivity index (χ1) is 6.43. The van der Waals surface area contributed by atoms with E-state index in [9.17, 15) is 0 Å². The van der Waals surface area contributed by atoms with Crippen molar-refractivity contribution in [3.8, 4) is 0 Å². The van der Waals surface area contributed by atoms with Crippen molar-refractivity contribution in [1.29, 1.82) is 0 Å². The van der Waals surface area contributed by atoms with Gasteiger partial charge in [-0.15, -0.1) is 0 Å². The smallest absolute Gasteiger partial charge is 0.0315 e. The van der Waals surface area contributed by atoms with Crippen LogP contribution in [0.2, 0.25) is 0 Å². The van der Waals surface area contributed by atoms with Gasteiger partial charge in [0.2, 0.25) is 0 Å². The highest BCUT2D eigenvalue weighted by Gasteiger charge is 2.27. The van der Waals surface area contributed by atoms with Crippen LogP contribution in [0.5, 0.6) is 0 Å². The SMILES string of the molecule is c1cc2c(cn1)CN1CCCC2C1. The highest BCUT2D eigenvalue weighted by Crippen LogP contribution is 2.34. The van der Waals surface area contributed by atoms with Crippen molar-refractivity contribution in [3.05, 3.63) is 29.6 Å². The van der Waals surface area contributed by atoms with Crippen molar-refractivity contribution in [1.82, 2.24) is 9.88 Å². The van der Waals surface area contributed by atoms with Crippen molar-refractivity contribution in [2.24, 2.45) is 0 Å². The average Bonchev–Trinajstić information content (AvgIpc) is 2.18. The summed E-state index contributed by atoms with van der Waals surface area (Å²) in [6.07, 6.45) is 6.71. The van der Waals surface area contributed by atoms with Crippen LogP contribution in [0.1, 0.15) is 29.9 Å². The van der Waals surface area contributed by atoms with E-state index in [2.05, 4.69) is 16.0 Å². The first-order valence-corrected chi connectivity index (χ1v) is 5.08. The number of rotatable bonds is 0. The van der Waals surface area contributed by atoms with Crippen molar-refractivity contribution in [2.45, 2.75) is 25.3 Å². The zero-order valence-electron chi connectivity index (χ0n) is 7.74. The zero-order valence-corrected chi connectivity index (χ0v) is 7.74. The van der Waals surface area contributed by atoms with Crippen molar-refractivity contribution >= 4 is 0 Å². The molecule has 1 aromatic rings.